The summed E-state index contributed by atoms with van der Waals surface area (Å²) in [4.78, 5) is 25.2. The van der Waals surface area contributed by atoms with Crippen LogP contribution in [0.4, 0.5) is 4.79 Å². The molecule has 1 saturated heterocycles. The Labute approximate surface area is 140 Å². The normalized spacial score (nSPS) is 23.6. The van der Waals surface area contributed by atoms with E-state index in [1.165, 1.54) is 11.0 Å². The summed E-state index contributed by atoms with van der Waals surface area (Å²) in [6, 6.07) is 8.79. The Bertz CT molecular complexity index is 563. The van der Waals surface area contributed by atoms with Crippen LogP contribution in [0.15, 0.2) is 43.0 Å². The number of hydrogen-bond acceptors (Lipinski definition) is 4. The zero-order valence-corrected chi connectivity index (χ0v) is 13.7. The molecular formula is C17H20ClNO4. The van der Waals surface area contributed by atoms with Gasteiger partial charge in [0, 0.05) is 12.5 Å². The quantitative estimate of drug-likeness (QED) is 0.591. The van der Waals surface area contributed by atoms with Crippen LogP contribution in [0.3, 0.4) is 0 Å². The minimum absolute atomic E-state index is 0.0253. The highest BCUT2D eigenvalue weighted by Gasteiger charge is 2.47. The lowest BCUT2D eigenvalue weighted by Gasteiger charge is -2.24. The fourth-order valence-corrected chi connectivity index (χ4v) is 2.93. The van der Waals surface area contributed by atoms with Crippen molar-refractivity contribution in [3.8, 4) is 0 Å². The molecule has 5 nitrogen and oxygen atoms in total. The Hall–Kier alpha value is -1.85. The number of carbonyl (C=O) groups is 2. The van der Waals surface area contributed by atoms with Gasteiger partial charge in [-0.05, 0) is 17.2 Å². The predicted octanol–water partition coefficient (Wildman–Crippen LogP) is 2.98. The van der Waals surface area contributed by atoms with Crippen molar-refractivity contribution in [2.75, 3.05) is 13.2 Å². The Kier molecular flexibility index (Phi) is 6.19. The molecule has 0 spiro atoms. The smallest absolute Gasteiger partial charge is 0.410 e. The maximum Gasteiger partial charge on any atom is 0.410 e. The van der Waals surface area contributed by atoms with Gasteiger partial charge in [0.05, 0.1) is 12.7 Å². The van der Waals surface area contributed by atoms with Gasteiger partial charge in [-0.15, -0.1) is 0 Å². The lowest BCUT2D eigenvalue weighted by Crippen LogP contribution is -2.44. The second-order valence-corrected chi connectivity index (χ2v) is 5.88. The standard InChI is InChI=1S/C17H20ClNO4/c1-3-9-22-17(21)19-10-12(2)15(14(19)16(18)20)23-11-13-7-5-4-6-8-13/h3-8,12,14-15H,1,9-11H2,2H3. The van der Waals surface area contributed by atoms with Crippen LogP contribution in [-0.4, -0.2) is 41.5 Å². The molecule has 1 aliphatic rings. The van der Waals surface area contributed by atoms with Crippen LogP contribution in [0.2, 0.25) is 0 Å². The van der Waals surface area contributed by atoms with Gasteiger partial charge >= 0.3 is 6.09 Å². The van der Waals surface area contributed by atoms with E-state index in [-0.39, 0.29) is 12.5 Å². The molecule has 0 N–H and O–H groups in total. The van der Waals surface area contributed by atoms with E-state index >= 15 is 0 Å². The van der Waals surface area contributed by atoms with Gasteiger partial charge in [-0.25, -0.2) is 4.79 Å². The van der Waals surface area contributed by atoms with Crippen molar-refractivity contribution in [1.29, 1.82) is 0 Å². The summed E-state index contributed by atoms with van der Waals surface area (Å²) in [5.74, 6) is -0.0253. The van der Waals surface area contributed by atoms with E-state index in [0.717, 1.165) is 5.56 Å². The summed E-state index contributed by atoms with van der Waals surface area (Å²) < 4.78 is 10.9. The highest BCUT2D eigenvalue weighted by molar-refractivity contribution is 6.65. The maximum absolute atomic E-state index is 12.1. The fraction of sp³-hybridized carbons (Fsp3) is 0.412. The predicted molar refractivity (Wildman–Crippen MR) is 87.1 cm³/mol. The topological polar surface area (TPSA) is 55.8 Å². The number of nitrogens with zero attached hydrogens (tertiary/aromatic N) is 1. The molecule has 0 radical (unpaired) electrons. The van der Waals surface area contributed by atoms with Crippen molar-refractivity contribution < 1.29 is 19.1 Å². The van der Waals surface area contributed by atoms with Crippen LogP contribution in [0, 0.1) is 5.92 Å². The van der Waals surface area contributed by atoms with Gasteiger partial charge in [-0.3, -0.25) is 9.69 Å². The van der Waals surface area contributed by atoms with Gasteiger partial charge in [0.2, 0.25) is 5.24 Å². The number of benzene rings is 1. The van der Waals surface area contributed by atoms with Gasteiger partial charge < -0.3 is 9.47 Å². The first-order valence-corrected chi connectivity index (χ1v) is 7.81. The molecule has 124 valence electrons. The number of likely N-dealkylation sites (tertiary alicyclic amines) is 1. The highest BCUT2D eigenvalue weighted by Crippen LogP contribution is 2.29. The number of amides is 1. The van der Waals surface area contributed by atoms with E-state index in [2.05, 4.69) is 6.58 Å². The van der Waals surface area contributed by atoms with Crippen molar-refractivity contribution in [2.45, 2.75) is 25.7 Å². The van der Waals surface area contributed by atoms with Crippen molar-refractivity contribution in [2.24, 2.45) is 5.92 Å². The molecule has 0 bridgehead atoms. The van der Waals surface area contributed by atoms with E-state index in [1.807, 2.05) is 37.3 Å². The Morgan fingerprint density at radius 1 is 1.39 bits per heavy atom. The van der Waals surface area contributed by atoms with Crippen LogP contribution in [0.5, 0.6) is 0 Å². The third kappa shape index (κ3) is 4.33. The van der Waals surface area contributed by atoms with Gasteiger partial charge in [-0.1, -0.05) is 49.9 Å². The van der Waals surface area contributed by atoms with Crippen molar-refractivity contribution in [1.82, 2.24) is 4.90 Å². The van der Waals surface area contributed by atoms with E-state index in [9.17, 15) is 9.59 Å². The summed E-state index contributed by atoms with van der Waals surface area (Å²) in [7, 11) is 0. The summed E-state index contributed by atoms with van der Waals surface area (Å²) in [5, 5.41) is -0.622. The SMILES string of the molecule is C=CCOC(=O)N1CC(C)C(OCc2ccccc2)C1C(=O)Cl. The third-order valence-electron chi connectivity index (χ3n) is 3.77. The maximum atomic E-state index is 12.1. The fourth-order valence-electron chi connectivity index (χ4n) is 2.69. The van der Waals surface area contributed by atoms with Crippen molar-refractivity contribution in [3.63, 3.8) is 0 Å². The van der Waals surface area contributed by atoms with E-state index < -0.39 is 23.5 Å². The molecule has 2 rings (SSSR count). The van der Waals surface area contributed by atoms with Gasteiger partial charge in [-0.2, -0.15) is 0 Å². The average molecular weight is 338 g/mol. The number of ether oxygens (including phenoxy) is 2. The molecule has 0 aromatic heterocycles. The van der Waals surface area contributed by atoms with Crippen LogP contribution in [0.1, 0.15) is 12.5 Å². The lowest BCUT2D eigenvalue weighted by atomic mass is 10.0. The van der Waals surface area contributed by atoms with Gasteiger partial charge in [0.25, 0.3) is 0 Å². The molecule has 0 saturated carbocycles. The van der Waals surface area contributed by atoms with Gasteiger partial charge in [0.15, 0.2) is 0 Å². The molecule has 0 aliphatic carbocycles. The Morgan fingerprint density at radius 2 is 2.09 bits per heavy atom. The summed E-state index contributed by atoms with van der Waals surface area (Å²) in [6.07, 6.45) is 0.427. The number of carbonyl (C=O) groups excluding carboxylic acids is 2. The molecule has 3 atom stereocenters. The first-order valence-electron chi connectivity index (χ1n) is 7.43. The first kappa shape index (κ1) is 17.5. The summed E-state index contributed by atoms with van der Waals surface area (Å²) in [6.45, 7) is 6.21. The minimum atomic E-state index is -0.840. The Balaban J connectivity index is 2.07. The summed E-state index contributed by atoms with van der Waals surface area (Å²) >= 11 is 5.71. The van der Waals surface area contributed by atoms with Crippen molar-refractivity contribution in [3.05, 3.63) is 48.6 Å². The zero-order valence-electron chi connectivity index (χ0n) is 13.0. The summed E-state index contributed by atoms with van der Waals surface area (Å²) in [5.41, 5.74) is 0.994. The molecule has 6 heteroatoms. The van der Waals surface area contributed by atoms with Crippen LogP contribution in [0.25, 0.3) is 0 Å². The highest BCUT2D eigenvalue weighted by atomic mass is 35.5. The molecule has 1 fully saturated rings. The number of halogens is 1. The second kappa shape index (κ2) is 8.13. The molecule has 3 unspecified atom stereocenters. The molecule has 1 amide bonds. The largest absolute Gasteiger partial charge is 0.445 e. The van der Waals surface area contributed by atoms with E-state index in [4.69, 9.17) is 21.1 Å². The average Bonchev–Trinajstić information content (AvgIpc) is 2.88. The third-order valence-corrected chi connectivity index (χ3v) is 3.99. The number of rotatable bonds is 6. The monoisotopic (exact) mass is 337 g/mol. The first-order chi connectivity index (χ1) is 11.0. The van der Waals surface area contributed by atoms with Crippen LogP contribution < -0.4 is 0 Å². The molecule has 1 aliphatic heterocycles. The molecule has 1 aromatic carbocycles. The lowest BCUT2D eigenvalue weighted by molar-refractivity contribution is -0.119. The van der Waals surface area contributed by atoms with E-state index in [1.54, 1.807) is 0 Å². The van der Waals surface area contributed by atoms with E-state index in [0.29, 0.717) is 13.2 Å². The number of hydrogen-bond donors (Lipinski definition) is 0. The molecule has 1 aromatic rings. The van der Waals surface area contributed by atoms with Crippen LogP contribution in [-0.2, 0) is 20.9 Å². The molecule has 1 heterocycles. The minimum Gasteiger partial charge on any atom is -0.445 e. The Morgan fingerprint density at radius 3 is 2.70 bits per heavy atom. The molecular weight excluding hydrogens is 318 g/mol. The second-order valence-electron chi connectivity index (χ2n) is 5.51. The molecule has 23 heavy (non-hydrogen) atoms. The zero-order chi connectivity index (χ0) is 16.8. The van der Waals surface area contributed by atoms with Gasteiger partial charge in [0.1, 0.15) is 12.6 Å². The van der Waals surface area contributed by atoms with Crippen LogP contribution >= 0.6 is 11.6 Å². The van der Waals surface area contributed by atoms with Crippen molar-refractivity contribution >= 4 is 22.9 Å².